The lowest BCUT2D eigenvalue weighted by atomic mass is 9.72. The molecule has 2 rings (SSSR count). The molecule has 0 aliphatic carbocycles. The summed E-state index contributed by atoms with van der Waals surface area (Å²) < 4.78 is 10.8. The van der Waals surface area contributed by atoms with Gasteiger partial charge in [0.05, 0.1) is 13.2 Å². The first-order valence-corrected chi connectivity index (χ1v) is 12.0. The first-order valence-electron chi connectivity index (χ1n) is 12.0. The highest BCUT2D eigenvalue weighted by molar-refractivity contribution is 5.13. The highest BCUT2D eigenvalue weighted by Crippen LogP contribution is 2.45. The lowest BCUT2D eigenvalue weighted by molar-refractivity contribution is -0.437. The Kier molecular flexibility index (Phi) is 10.9. The Balaban J connectivity index is 2.21. The SMILES string of the molecule is CCCCCCCCCC[C@@]1(O)[C@@H](O)[C@H](O)[C@@H](CO)O[C@@]1(O)C1O[C@H](CO)[C@H](O)[C@H](O)[C@H]1O. The molecule has 2 aliphatic heterocycles. The van der Waals surface area contributed by atoms with Crippen LogP contribution in [0.5, 0.6) is 0 Å². The Hall–Kier alpha value is -0.440. The smallest absolute Gasteiger partial charge is 0.228 e. The van der Waals surface area contributed by atoms with E-state index in [9.17, 15) is 46.0 Å². The Morgan fingerprint density at radius 1 is 0.667 bits per heavy atom. The van der Waals surface area contributed by atoms with E-state index >= 15 is 0 Å². The number of hydrogen-bond acceptors (Lipinski definition) is 11. The van der Waals surface area contributed by atoms with Crippen molar-refractivity contribution in [2.45, 2.75) is 125 Å². The second-order valence-electron chi connectivity index (χ2n) is 9.37. The van der Waals surface area contributed by atoms with Gasteiger partial charge in [-0.05, 0) is 6.42 Å². The van der Waals surface area contributed by atoms with Crippen molar-refractivity contribution >= 4 is 0 Å². The summed E-state index contributed by atoms with van der Waals surface area (Å²) >= 11 is 0. The molecule has 10 atom stereocenters. The zero-order valence-corrected chi connectivity index (χ0v) is 19.2. The van der Waals surface area contributed by atoms with Crippen molar-refractivity contribution in [3.63, 3.8) is 0 Å². The van der Waals surface area contributed by atoms with Gasteiger partial charge in [-0.15, -0.1) is 0 Å². The fourth-order valence-corrected chi connectivity index (χ4v) is 4.84. The van der Waals surface area contributed by atoms with Crippen molar-refractivity contribution < 1.29 is 55.4 Å². The van der Waals surface area contributed by atoms with Gasteiger partial charge in [0.25, 0.3) is 0 Å². The van der Waals surface area contributed by atoms with E-state index in [-0.39, 0.29) is 6.42 Å². The molecule has 9 N–H and O–H groups in total. The van der Waals surface area contributed by atoms with Gasteiger partial charge in [0.15, 0.2) is 0 Å². The van der Waals surface area contributed by atoms with Crippen LogP contribution in [0.25, 0.3) is 0 Å². The molecular formula is C22H42O11. The minimum absolute atomic E-state index is 0.246. The zero-order chi connectivity index (χ0) is 24.8. The Morgan fingerprint density at radius 3 is 1.76 bits per heavy atom. The van der Waals surface area contributed by atoms with E-state index in [0.717, 1.165) is 32.1 Å². The van der Waals surface area contributed by atoms with Gasteiger partial charge in [-0.25, -0.2) is 0 Å². The highest BCUT2D eigenvalue weighted by atomic mass is 16.7. The van der Waals surface area contributed by atoms with Crippen molar-refractivity contribution in [1.82, 2.24) is 0 Å². The van der Waals surface area contributed by atoms with Gasteiger partial charge in [0.2, 0.25) is 5.79 Å². The summed E-state index contributed by atoms with van der Waals surface area (Å²) in [6, 6.07) is 0. The van der Waals surface area contributed by atoms with E-state index in [4.69, 9.17) is 9.47 Å². The van der Waals surface area contributed by atoms with Gasteiger partial charge >= 0.3 is 0 Å². The Bertz CT molecular complexity index is 579. The van der Waals surface area contributed by atoms with Crippen LogP contribution in [0.15, 0.2) is 0 Å². The molecule has 0 spiro atoms. The number of ether oxygens (including phenoxy) is 2. The first kappa shape index (κ1) is 28.8. The van der Waals surface area contributed by atoms with Crippen molar-refractivity contribution in [1.29, 1.82) is 0 Å². The minimum Gasteiger partial charge on any atom is -0.394 e. The predicted molar refractivity (Wildman–Crippen MR) is 115 cm³/mol. The van der Waals surface area contributed by atoms with Gasteiger partial charge in [-0.3, -0.25) is 0 Å². The van der Waals surface area contributed by atoms with Gasteiger partial charge in [0, 0.05) is 0 Å². The normalized spacial score (nSPS) is 44.2. The van der Waals surface area contributed by atoms with Crippen LogP contribution in [0, 0.1) is 0 Å². The monoisotopic (exact) mass is 482 g/mol. The summed E-state index contributed by atoms with van der Waals surface area (Å²) in [5.41, 5.74) is -2.55. The molecule has 196 valence electrons. The van der Waals surface area contributed by atoms with Crippen LogP contribution in [0.3, 0.4) is 0 Å². The van der Waals surface area contributed by atoms with E-state index in [1.54, 1.807) is 0 Å². The third kappa shape index (κ3) is 5.87. The molecule has 11 nitrogen and oxygen atoms in total. The van der Waals surface area contributed by atoms with Crippen LogP contribution < -0.4 is 0 Å². The van der Waals surface area contributed by atoms with Crippen molar-refractivity contribution in [2.75, 3.05) is 13.2 Å². The third-order valence-electron chi connectivity index (χ3n) is 7.01. The summed E-state index contributed by atoms with van der Waals surface area (Å²) in [7, 11) is 0. The molecular weight excluding hydrogens is 440 g/mol. The minimum atomic E-state index is -2.88. The summed E-state index contributed by atoms with van der Waals surface area (Å²) in [5.74, 6) is -2.88. The molecule has 33 heavy (non-hydrogen) atoms. The molecule has 2 fully saturated rings. The van der Waals surface area contributed by atoms with Crippen LogP contribution in [-0.4, -0.2) is 119 Å². The van der Waals surface area contributed by atoms with Crippen LogP contribution in [-0.2, 0) is 9.47 Å². The van der Waals surface area contributed by atoms with Crippen LogP contribution in [0.2, 0.25) is 0 Å². The molecule has 0 saturated carbocycles. The summed E-state index contributed by atoms with van der Waals surface area (Å²) in [6.45, 7) is 0.527. The standard InChI is InChI=1S/C22H42O11/c1-2-3-4-5-6-7-8-9-10-21(30)19(29)16(26)14(12-24)33-22(21,31)20-18(28)17(27)15(25)13(11-23)32-20/h13-20,23-31H,2-12H2,1H3/t13-,14-,15+,16-,17+,18-,19+,20?,21-,22+/m1/s1. The highest BCUT2D eigenvalue weighted by Gasteiger charge is 2.69. The third-order valence-corrected chi connectivity index (χ3v) is 7.01. The van der Waals surface area contributed by atoms with Crippen LogP contribution in [0.4, 0.5) is 0 Å². The molecule has 0 aromatic carbocycles. The molecule has 0 amide bonds. The van der Waals surface area contributed by atoms with E-state index in [2.05, 4.69) is 6.92 Å². The molecule has 2 saturated heterocycles. The molecule has 0 bridgehead atoms. The van der Waals surface area contributed by atoms with Crippen molar-refractivity contribution in [3.05, 3.63) is 0 Å². The fraction of sp³-hybridized carbons (Fsp3) is 1.00. The number of hydrogen-bond donors (Lipinski definition) is 9. The molecule has 2 aliphatic rings. The average Bonchev–Trinajstić information content (AvgIpc) is 2.80. The molecule has 0 radical (unpaired) electrons. The van der Waals surface area contributed by atoms with E-state index < -0.39 is 73.4 Å². The maximum Gasteiger partial charge on any atom is 0.228 e. The van der Waals surface area contributed by atoms with Gasteiger partial charge in [-0.2, -0.15) is 0 Å². The number of aliphatic hydroxyl groups excluding tert-OH is 7. The topological polar surface area (TPSA) is 201 Å². The molecule has 1 unspecified atom stereocenters. The van der Waals surface area contributed by atoms with E-state index in [1.165, 1.54) is 6.42 Å². The van der Waals surface area contributed by atoms with E-state index in [1.807, 2.05) is 0 Å². The van der Waals surface area contributed by atoms with Crippen LogP contribution in [0.1, 0.15) is 64.7 Å². The van der Waals surface area contributed by atoms with E-state index in [0.29, 0.717) is 12.8 Å². The lowest BCUT2D eigenvalue weighted by Gasteiger charge is -2.58. The maximum absolute atomic E-state index is 11.5. The predicted octanol–water partition coefficient (Wildman–Crippen LogP) is -2.11. The Labute approximate surface area is 194 Å². The quantitative estimate of drug-likeness (QED) is 0.138. The second-order valence-corrected chi connectivity index (χ2v) is 9.37. The molecule has 11 heteroatoms. The second kappa shape index (κ2) is 12.5. The van der Waals surface area contributed by atoms with Gasteiger partial charge in [-0.1, -0.05) is 58.3 Å². The van der Waals surface area contributed by atoms with Gasteiger partial charge in [0.1, 0.15) is 54.4 Å². The Morgan fingerprint density at radius 2 is 1.21 bits per heavy atom. The summed E-state index contributed by atoms with van der Waals surface area (Å²) in [5, 5.41) is 93.8. The van der Waals surface area contributed by atoms with Crippen LogP contribution >= 0.6 is 0 Å². The fourth-order valence-electron chi connectivity index (χ4n) is 4.84. The number of rotatable bonds is 12. The number of unbranched alkanes of at least 4 members (excludes halogenated alkanes) is 7. The van der Waals surface area contributed by atoms with Crippen molar-refractivity contribution in [3.8, 4) is 0 Å². The maximum atomic E-state index is 11.5. The molecule has 0 aromatic heterocycles. The summed E-state index contributed by atoms with van der Waals surface area (Å²) in [6.07, 6.45) is -7.01. The first-order chi connectivity index (χ1) is 15.6. The molecule has 2 heterocycles. The van der Waals surface area contributed by atoms with Crippen molar-refractivity contribution in [2.24, 2.45) is 0 Å². The average molecular weight is 483 g/mol. The lowest BCUT2D eigenvalue weighted by Crippen LogP contribution is -2.80. The number of aliphatic hydroxyl groups is 9. The van der Waals surface area contributed by atoms with Gasteiger partial charge < -0.3 is 55.4 Å². The largest absolute Gasteiger partial charge is 0.394 e. The molecule has 0 aromatic rings. The summed E-state index contributed by atoms with van der Waals surface area (Å²) in [4.78, 5) is 0. The zero-order valence-electron chi connectivity index (χ0n) is 19.2.